The van der Waals surface area contributed by atoms with Crippen LogP contribution in [-0.2, 0) is 9.59 Å². The zero-order chi connectivity index (χ0) is 25.1. The van der Waals surface area contributed by atoms with Crippen LogP contribution in [0.4, 0.5) is 5.69 Å². The number of amides is 1. The van der Waals surface area contributed by atoms with Crippen molar-refractivity contribution in [3.8, 4) is 17.2 Å². The molecule has 0 radical (unpaired) electrons. The summed E-state index contributed by atoms with van der Waals surface area (Å²) in [5, 5.41) is 21.7. The normalized spacial score (nSPS) is 17.1. The zero-order valence-electron chi connectivity index (χ0n) is 19.8. The largest absolute Gasteiger partial charge is 0.507 e. The highest BCUT2D eigenvalue weighted by atomic mass is 16.5. The number of aromatic hydroxyl groups is 1. The molecule has 1 heterocycles. The summed E-state index contributed by atoms with van der Waals surface area (Å²) in [6, 6.07) is 18.9. The van der Waals surface area contributed by atoms with Crippen LogP contribution >= 0.6 is 0 Å². The minimum Gasteiger partial charge on any atom is -0.507 e. The first kappa shape index (κ1) is 23.9. The Morgan fingerprint density at radius 3 is 2.34 bits per heavy atom. The van der Waals surface area contributed by atoms with E-state index in [0.29, 0.717) is 35.2 Å². The Hall–Kier alpha value is -4.26. The van der Waals surface area contributed by atoms with Crippen LogP contribution in [0, 0.1) is 5.92 Å². The van der Waals surface area contributed by atoms with Gasteiger partial charge in [0.15, 0.2) is 0 Å². The third kappa shape index (κ3) is 4.71. The number of hydrogen-bond donors (Lipinski definition) is 2. The Morgan fingerprint density at radius 2 is 1.69 bits per heavy atom. The summed E-state index contributed by atoms with van der Waals surface area (Å²) < 4.78 is 11.0. The Bertz CT molecular complexity index is 1280. The van der Waals surface area contributed by atoms with E-state index in [2.05, 4.69) is 0 Å². The van der Waals surface area contributed by atoms with Crippen LogP contribution in [0.3, 0.4) is 0 Å². The van der Waals surface area contributed by atoms with E-state index in [1.165, 1.54) is 18.1 Å². The lowest BCUT2D eigenvalue weighted by atomic mass is 9.95. The summed E-state index contributed by atoms with van der Waals surface area (Å²) in [5.41, 5.74) is 0.997. The minimum absolute atomic E-state index is 0.0812. The molecule has 4 rings (SSSR count). The van der Waals surface area contributed by atoms with Gasteiger partial charge in [0.05, 0.1) is 31.0 Å². The van der Waals surface area contributed by atoms with Gasteiger partial charge < -0.3 is 19.7 Å². The molecule has 0 spiro atoms. The van der Waals surface area contributed by atoms with E-state index >= 15 is 0 Å². The van der Waals surface area contributed by atoms with Gasteiger partial charge in [-0.3, -0.25) is 14.5 Å². The number of hydrogen-bond acceptors (Lipinski definition) is 6. The Labute approximate surface area is 203 Å². The summed E-state index contributed by atoms with van der Waals surface area (Å²) in [4.78, 5) is 27.7. The van der Waals surface area contributed by atoms with E-state index in [1.807, 2.05) is 13.8 Å². The molecule has 7 heteroatoms. The first-order valence-corrected chi connectivity index (χ1v) is 11.3. The Morgan fingerprint density at radius 1 is 0.971 bits per heavy atom. The molecular formula is C28H27NO6. The molecule has 7 nitrogen and oxygen atoms in total. The van der Waals surface area contributed by atoms with Gasteiger partial charge in [-0.1, -0.05) is 38.1 Å². The standard InChI is InChI=1S/C28H27NO6/c1-17(2)16-35-20-13-11-18(12-14-20)26(31)24-25(19-7-6-8-21(15-19)34-3)29(28(33)27(24)32)22-9-4-5-10-23(22)30/h4-15,17,25,30-31H,16H2,1-3H3/b26-24-. The van der Waals surface area contributed by atoms with E-state index in [0.717, 1.165) is 0 Å². The quantitative estimate of drug-likeness (QED) is 0.283. The molecule has 2 N–H and O–H groups in total. The maximum atomic E-state index is 13.3. The van der Waals surface area contributed by atoms with E-state index in [-0.39, 0.29) is 22.8 Å². The second-order valence-electron chi connectivity index (χ2n) is 8.66. The Kier molecular flexibility index (Phi) is 6.78. The van der Waals surface area contributed by atoms with Crippen LogP contribution in [0.5, 0.6) is 17.2 Å². The second-order valence-corrected chi connectivity index (χ2v) is 8.66. The van der Waals surface area contributed by atoms with Gasteiger partial charge in [0.1, 0.15) is 23.0 Å². The highest BCUT2D eigenvalue weighted by Gasteiger charge is 2.47. The molecule has 1 atom stereocenters. The number of para-hydroxylation sites is 2. The van der Waals surface area contributed by atoms with Crippen molar-refractivity contribution in [3.05, 3.63) is 89.5 Å². The molecule has 3 aromatic rings. The summed E-state index contributed by atoms with van der Waals surface area (Å²) in [6.07, 6.45) is 0. The number of ether oxygens (including phenoxy) is 2. The first-order valence-electron chi connectivity index (χ1n) is 11.3. The van der Waals surface area contributed by atoms with Crippen molar-refractivity contribution >= 4 is 23.1 Å². The van der Waals surface area contributed by atoms with E-state index in [9.17, 15) is 19.8 Å². The lowest BCUT2D eigenvalue weighted by Gasteiger charge is -2.26. The fraction of sp³-hybridized carbons (Fsp3) is 0.214. The van der Waals surface area contributed by atoms with Gasteiger partial charge in [-0.2, -0.15) is 0 Å². The number of benzene rings is 3. The van der Waals surface area contributed by atoms with Gasteiger partial charge in [-0.15, -0.1) is 0 Å². The summed E-state index contributed by atoms with van der Waals surface area (Å²) >= 11 is 0. The van der Waals surface area contributed by atoms with Crippen LogP contribution in [0.25, 0.3) is 5.76 Å². The van der Waals surface area contributed by atoms with Gasteiger partial charge in [0.25, 0.3) is 11.7 Å². The number of rotatable bonds is 7. The SMILES string of the molecule is COc1cccc(C2/C(=C(/O)c3ccc(OCC(C)C)cc3)C(=O)C(=O)N2c2ccccc2O)c1. The maximum absolute atomic E-state index is 13.3. The molecule has 1 saturated heterocycles. The highest BCUT2D eigenvalue weighted by Crippen LogP contribution is 2.45. The van der Waals surface area contributed by atoms with Crippen LogP contribution in [-0.4, -0.2) is 35.6 Å². The minimum atomic E-state index is -0.977. The van der Waals surface area contributed by atoms with Gasteiger partial charge in [0.2, 0.25) is 0 Å². The first-order chi connectivity index (χ1) is 16.8. The van der Waals surface area contributed by atoms with Gasteiger partial charge in [-0.05, 0) is 60.0 Å². The molecular weight excluding hydrogens is 446 g/mol. The monoisotopic (exact) mass is 473 g/mol. The van der Waals surface area contributed by atoms with Crippen LogP contribution in [0.15, 0.2) is 78.4 Å². The fourth-order valence-electron chi connectivity index (χ4n) is 4.00. The van der Waals surface area contributed by atoms with Gasteiger partial charge >= 0.3 is 0 Å². The number of phenols is 1. The van der Waals surface area contributed by atoms with E-state index in [4.69, 9.17) is 9.47 Å². The molecule has 1 unspecified atom stereocenters. The van der Waals surface area contributed by atoms with Crippen molar-refractivity contribution < 1.29 is 29.3 Å². The number of aliphatic hydroxyl groups excluding tert-OH is 1. The van der Waals surface area contributed by atoms with Crippen molar-refractivity contribution in [1.29, 1.82) is 0 Å². The van der Waals surface area contributed by atoms with E-state index in [1.54, 1.807) is 66.7 Å². The van der Waals surface area contributed by atoms with Crippen LogP contribution in [0.1, 0.15) is 31.0 Å². The highest BCUT2D eigenvalue weighted by molar-refractivity contribution is 6.51. The predicted molar refractivity (Wildman–Crippen MR) is 133 cm³/mol. The number of anilines is 1. The van der Waals surface area contributed by atoms with Crippen molar-refractivity contribution in [3.63, 3.8) is 0 Å². The van der Waals surface area contributed by atoms with Crippen molar-refractivity contribution in [2.75, 3.05) is 18.6 Å². The molecule has 3 aromatic carbocycles. The number of carbonyl (C=O) groups is 2. The number of ketones is 1. The molecule has 0 aliphatic carbocycles. The molecule has 0 bridgehead atoms. The molecule has 1 fully saturated rings. The van der Waals surface area contributed by atoms with E-state index < -0.39 is 17.7 Å². The van der Waals surface area contributed by atoms with Crippen LogP contribution < -0.4 is 14.4 Å². The molecule has 180 valence electrons. The molecule has 1 amide bonds. The molecule has 0 aromatic heterocycles. The molecule has 1 aliphatic rings. The number of aliphatic hydroxyl groups is 1. The predicted octanol–water partition coefficient (Wildman–Crippen LogP) is 5.06. The zero-order valence-corrected chi connectivity index (χ0v) is 19.8. The fourth-order valence-corrected chi connectivity index (χ4v) is 4.00. The summed E-state index contributed by atoms with van der Waals surface area (Å²) in [6.45, 7) is 4.64. The third-order valence-electron chi connectivity index (χ3n) is 5.71. The average molecular weight is 474 g/mol. The number of carbonyl (C=O) groups excluding carboxylic acids is 2. The summed E-state index contributed by atoms with van der Waals surface area (Å²) in [5.74, 6) is -0.655. The topological polar surface area (TPSA) is 96.3 Å². The number of phenolic OH excluding ortho intramolecular Hbond substituents is 1. The average Bonchev–Trinajstić information content (AvgIpc) is 3.13. The number of nitrogens with zero attached hydrogens (tertiary/aromatic N) is 1. The van der Waals surface area contributed by atoms with Crippen LogP contribution in [0.2, 0.25) is 0 Å². The van der Waals surface area contributed by atoms with Crippen molar-refractivity contribution in [2.45, 2.75) is 19.9 Å². The molecule has 1 aliphatic heterocycles. The number of Topliss-reactive ketones (excluding diaryl/α,β-unsaturated/α-hetero) is 1. The van der Waals surface area contributed by atoms with Crippen molar-refractivity contribution in [2.24, 2.45) is 5.92 Å². The number of methoxy groups -OCH3 is 1. The summed E-state index contributed by atoms with van der Waals surface area (Å²) in [7, 11) is 1.52. The molecule has 35 heavy (non-hydrogen) atoms. The van der Waals surface area contributed by atoms with Gasteiger partial charge in [0, 0.05) is 5.56 Å². The smallest absolute Gasteiger partial charge is 0.300 e. The Balaban J connectivity index is 1.85. The van der Waals surface area contributed by atoms with Gasteiger partial charge in [-0.25, -0.2) is 0 Å². The lowest BCUT2D eigenvalue weighted by Crippen LogP contribution is -2.29. The lowest BCUT2D eigenvalue weighted by molar-refractivity contribution is -0.132. The van der Waals surface area contributed by atoms with Crippen molar-refractivity contribution in [1.82, 2.24) is 0 Å². The third-order valence-corrected chi connectivity index (χ3v) is 5.71. The second kappa shape index (κ2) is 9.93. The molecule has 0 saturated carbocycles. The maximum Gasteiger partial charge on any atom is 0.300 e.